The Morgan fingerprint density at radius 2 is 1.82 bits per heavy atom. The summed E-state index contributed by atoms with van der Waals surface area (Å²) in [5.74, 6) is 4.64. The molecular formula is C50H66N8O7S. The highest BCUT2D eigenvalue weighted by Gasteiger charge is 2.37. The first-order valence-corrected chi connectivity index (χ1v) is 24.0. The molecule has 3 atom stereocenters. The standard InChI is InChI=1S/C42H55N7O6S.C8H11NO/c1-27(54-6)37-30(14-11-17-43-37)39-32(22-42(2,3)24-55-26-51)31-20-29(15-16-35(31)48(39)5)34-23-56-36(45-34)21-33(41(53)49-19-10-9-18-44-49)46-40(52)38(47(4)25-50)28-12-7-8-13-28;1-2-5-8(10)9-6-3-4-7-9/h11,14-17,20,23,25-28,33,38,44H,7-10,12-13,18-19,21-22,24H2,1-6H3,(H,46,52);3-4,6-7H2,1H3. The number of nitrogens with one attached hydrogen (secondary N) is 2. The molecule has 4 aromatic rings. The predicted octanol–water partition coefficient (Wildman–Crippen LogP) is 6.25. The van der Waals surface area contributed by atoms with Gasteiger partial charge in [0.05, 0.1) is 34.8 Å². The number of benzene rings is 1. The van der Waals surface area contributed by atoms with E-state index in [0.29, 0.717) is 37.4 Å². The number of hydrogen-bond donors (Lipinski definition) is 2. The molecule has 354 valence electrons. The van der Waals surface area contributed by atoms with Gasteiger partial charge in [0, 0.05) is 92.8 Å². The molecule has 2 N–H and O–H groups in total. The number of ether oxygens (including phenoxy) is 2. The van der Waals surface area contributed by atoms with Gasteiger partial charge in [0.2, 0.25) is 12.3 Å². The molecule has 3 fully saturated rings. The first-order valence-electron chi connectivity index (χ1n) is 23.1. The van der Waals surface area contributed by atoms with Gasteiger partial charge in [-0.05, 0) is 100 Å². The van der Waals surface area contributed by atoms with Gasteiger partial charge in [-0.3, -0.25) is 34.0 Å². The minimum absolute atomic E-state index is 0.0139. The smallest absolute Gasteiger partial charge is 0.298 e. The SMILES string of the molecule is CC#CC(=O)N1CCCC1.COC(C)c1ncccc1-c1c(CC(C)(C)COC=O)c2cc(-c3csc(CC(NC(=O)C(C4CCCC4)N(C)C=O)C(=O)N4CCCCN4)n3)ccc2n1C. The molecule has 5 heterocycles. The lowest BCUT2D eigenvalue weighted by Crippen LogP contribution is -2.59. The molecule has 2 saturated heterocycles. The van der Waals surface area contributed by atoms with Crippen molar-refractivity contribution in [3.8, 4) is 34.4 Å². The molecule has 1 aromatic carbocycles. The summed E-state index contributed by atoms with van der Waals surface area (Å²) in [6.45, 7) is 11.6. The molecular weight excluding hydrogens is 857 g/mol. The fourth-order valence-electron chi connectivity index (χ4n) is 9.45. The molecule has 1 saturated carbocycles. The highest BCUT2D eigenvalue weighted by molar-refractivity contribution is 7.10. The third-order valence-corrected chi connectivity index (χ3v) is 13.8. The molecule has 0 spiro atoms. The summed E-state index contributed by atoms with van der Waals surface area (Å²) < 4.78 is 13.2. The second kappa shape index (κ2) is 23.2. The first kappa shape index (κ1) is 49.8. The zero-order valence-electron chi connectivity index (χ0n) is 39.6. The molecule has 3 aliphatic rings. The maximum Gasteiger partial charge on any atom is 0.298 e. The van der Waals surface area contributed by atoms with Crippen LogP contribution in [0.25, 0.3) is 33.4 Å². The summed E-state index contributed by atoms with van der Waals surface area (Å²) in [6.07, 6.45) is 11.0. The van der Waals surface area contributed by atoms with Gasteiger partial charge in [0.25, 0.3) is 18.3 Å². The Balaban J connectivity index is 0.000000637. The predicted molar refractivity (Wildman–Crippen MR) is 256 cm³/mol. The largest absolute Gasteiger partial charge is 0.467 e. The van der Waals surface area contributed by atoms with Crippen LogP contribution in [0, 0.1) is 23.2 Å². The Hall–Kier alpha value is -5.63. The highest BCUT2D eigenvalue weighted by Crippen LogP contribution is 2.41. The van der Waals surface area contributed by atoms with Crippen molar-refractivity contribution in [3.63, 3.8) is 0 Å². The van der Waals surface area contributed by atoms with Crippen molar-refractivity contribution in [1.82, 2.24) is 40.1 Å². The van der Waals surface area contributed by atoms with E-state index >= 15 is 0 Å². The Kier molecular flexibility index (Phi) is 17.5. The van der Waals surface area contributed by atoms with Crippen molar-refractivity contribution in [2.45, 2.75) is 110 Å². The van der Waals surface area contributed by atoms with E-state index in [0.717, 1.165) is 109 Å². The van der Waals surface area contributed by atoms with Crippen molar-refractivity contribution in [2.75, 3.05) is 46.9 Å². The van der Waals surface area contributed by atoms with E-state index in [1.165, 1.54) is 16.2 Å². The van der Waals surface area contributed by atoms with E-state index in [-0.39, 0.29) is 48.2 Å². The summed E-state index contributed by atoms with van der Waals surface area (Å²) >= 11 is 1.45. The molecule has 2 aliphatic heterocycles. The molecule has 0 radical (unpaired) electrons. The van der Waals surface area contributed by atoms with E-state index in [9.17, 15) is 24.0 Å². The van der Waals surface area contributed by atoms with E-state index in [2.05, 4.69) is 72.3 Å². The van der Waals surface area contributed by atoms with Crippen molar-refractivity contribution in [2.24, 2.45) is 18.4 Å². The molecule has 7 rings (SSSR count). The maximum absolute atomic E-state index is 14.0. The van der Waals surface area contributed by atoms with Crippen LogP contribution in [-0.4, -0.2) is 119 Å². The van der Waals surface area contributed by atoms with Crippen LogP contribution in [0.3, 0.4) is 0 Å². The molecule has 4 amide bonds. The second-order valence-corrected chi connectivity index (χ2v) is 19.3. The third-order valence-electron chi connectivity index (χ3n) is 12.9. The minimum Gasteiger partial charge on any atom is -0.467 e. The number of hydrazine groups is 1. The van der Waals surface area contributed by atoms with Crippen LogP contribution in [0.15, 0.2) is 41.9 Å². The zero-order chi connectivity index (χ0) is 47.4. The number of likely N-dealkylation sites (tertiary alicyclic amines) is 1. The number of methoxy groups -OCH3 is 1. The molecule has 3 aromatic heterocycles. The van der Waals surface area contributed by atoms with Gasteiger partial charge in [-0.2, -0.15) is 0 Å². The number of likely N-dealkylation sites (N-methyl/N-ethyl adjacent to an activating group) is 1. The number of hydrogen-bond acceptors (Lipinski definition) is 11. The average molecular weight is 923 g/mol. The number of thiazole rings is 1. The fraction of sp³-hybridized carbons (Fsp3) is 0.540. The Labute approximate surface area is 393 Å². The van der Waals surface area contributed by atoms with E-state index in [1.54, 1.807) is 37.2 Å². The number of nitrogens with zero attached hydrogens (tertiary/aromatic N) is 6. The number of carbonyl (C=O) groups excluding carboxylic acids is 5. The number of rotatable bonds is 17. The molecule has 16 heteroatoms. The number of aryl methyl sites for hydroxylation is 1. The monoisotopic (exact) mass is 922 g/mol. The number of fused-ring (bicyclic) bond motifs is 1. The van der Waals surface area contributed by atoms with Crippen molar-refractivity contribution in [1.29, 1.82) is 0 Å². The van der Waals surface area contributed by atoms with Gasteiger partial charge in [0.1, 0.15) is 12.1 Å². The third kappa shape index (κ3) is 12.0. The Bertz CT molecular complexity index is 2380. The van der Waals surface area contributed by atoms with Crippen LogP contribution in [0.5, 0.6) is 0 Å². The normalized spacial score (nSPS) is 16.7. The number of carbonyl (C=O) groups is 5. The van der Waals surface area contributed by atoms with Crippen molar-refractivity contribution >= 4 is 52.8 Å². The van der Waals surface area contributed by atoms with Gasteiger partial charge >= 0.3 is 0 Å². The minimum atomic E-state index is -0.860. The van der Waals surface area contributed by atoms with Gasteiger partial charge in [-0.1, -0.05) is 38.7 Å². The van der Waals surface area contributed by atoms with Crippen molar-refractivity contribution < 1.29 is 33.4 Å². The van der Waals surface area contributed by atoms with Crippen LogP contribution in [0.1, 0.15) is 101 Å². The van der Waals surface area contributed by atoms with E-state index in [1.807, 2.05) is 18.4 Å². The van der Waals surface area contributed by atoms with Gasteiger partial charge in [-0.15, -0.1) is 11.3 Å². The quantitative estimate of drug-likeness (QED) is 0.0914. The van der Waals surface area contributed by atoms with Crippen molar-refractivity contribution in [3.05, 3.63) is 58.2 Å². The van der Waals surface area contributed by atoms with Crippen LogP contribution >= 0.6 is 11.3 Å². The van der Waals surface area contributed by atoms with Crippen LogP contribution in [0.4, 0.5) is 0 Å². The summed E-state index contributed by atoms with van der Waals surface area (Å²) in [6, 6.07) is 8.82. The van der Waals surface area contributed by atoms with Crippen LogP contribution < -0.4 is 10.7 Å². The second-order valence-electron chi connectivity index (χ2n) is 18.3. The average Bonchev–Trinajstić information content (AvgIpc) is 4.18. The molecule has 15 nitrogen and oxygen atoms in total. The molecule has 3 unspecified atom stereocenters. The molecule has 1 aliphatic carbocycles. The van der Waals surface area contributed by atoms with Gasteiger partial charge in [-0.25, -0.2) is 10.4 Å². The van der Waals surface area contributed by atoms with E-state index in [4.69, 9.17) is 19.4 Å². The lowest BCUT2D eigenvalue weighted by molar-refractivity contribution is -0.142. The molecule has 66 heavy (non-hydrogen) atoms. The Morgan fingerprint density at radius 3 is 2.48 bits per heavy atom. The topological polar surface area (TPSA) is 168 Å². The molecule has 0 bridgehead atoms. The van der Waals surface area contributed by atoms with Crippen LogP contribution in [0.2, 0.25) is 0 Å². The first-order chi connectivity index (χ1) is 31.8. The fourth-order valence-corrected chi connectivity index (χ4v) is 10.3. The lowest BCUT2D eigenvalue weighted by Gasteiger charge is -2.33. The van der Waals surface area contributed by atoms with E-state index < -0.39 is 12.1 Å². The van der Waals surface area contributed by atoms with Gasteiger partial charge < -0.3 is 29.2 Å². The number of pyridine rings is 1. The zero-order valence-corrected chi connectivity index (χ0v) is 40.4. The number of aromatic nitrogens is 3. The summed E-state index contributed by atoms with van der Waals surface area (Å²) in [7, 11) is 5.37. The summed E-state index contributed by atoms with van der Waals surface area (Å²) in [4.78, 5) is 75.0. The number of amides is 4. The highest BCUT2D eigenvalue weighted by atomic mass is 32.1. The maximum atomic E-state index is 14.0. The van der Waals surface area contributed by atoms with Crippen LogP contribution in [-0.2, 0) is 53.3 Å². The lowest BCUT2D eigenvalue weighted by atomic mass is 9.84. The van der Waals surface area contributed by atoms with Gasteiger partial charge in [0.15, 0.2) is 0 Å². The summed E-state index contributed by atoms with van der Waals surface area (Å²) in [5, 5.41) is 8.42. The summed E-state index contributed by atoms with van der Waals surface area (Å²) in [5.41, 5.74) is 9.43. The Morgan fingerprint density at radius 1 is 1.08 bits per heavy atom.